The van der Waals surface area contributed by atoms with Gasteiger partial charge in [-0.2, -0.15) is 0 Å². The summed E-state index contributed by atoms with van der Waals surface area (Å²) in [5, 5.41) is 13.7. The maximum atomic E-state index is 13.6. The standard InChI is InChI=1S/C16H18FN3O3S/c1-20(8-11-4-2-3-5-12(11)17)9-14(21)18-7-6-15-19-13(10-24-15)16(22)23/h2-5,10H,6-9H2,1H3,(H,18,21)(H,22,23). The number of carboxylic acids is 1. The molecule has 1 amide bonds. The summed E-state index contributed by atoms with van der Waals surface area (Å²) in [7, 11) is 1.74. The topological polar surface area (TPSA) is 82.5 Å². The lowest BCUT2D eigenvalue weighted by Gasteiger charge is -2.16. The molecule has 8 heteroatoms. The fourth-order valence-electron chi connectivity index (χ4n) is 2.11. The molecule has 0 saturated heterocycles. The van der Waals surface area contributed by atoms with Gasteiger partial charge in [0.1, 0.15) is 5.82 Å². The van der Waals surface area contributed by atoms with Crippen molar-refractivity contribution in [3.63, 3.8) is 0 Å². The highest BCUT2D eigenvalue weighted by atomic mass is 32.1. The number of hydrogen-bond donors (Lipinski definition) is 2. The minimum absolute atomic E-state index is 0.0194. The van der Waals surface area contributed by atoms with E-state index >= 15 is 0 Å². The summed E-state index contributed by atoms with van der Waals surface area (Å²) in [6.07, 6.45) is 0.473. The number of aromatic carboxylic acids is 1. The molecule has 0 aliphatic heterocycles. The fourth-order valence-corrected chi connectivity index (χ4v) is 2.88. The van der Waals surface area contributed by atoms with Gasteiger partial charge in [0.2, 0.25) is 5.91 Å². The first-order valence-electron chi connectivity index (χ1n) is 7.32. The second-order valence-corrected chi connectivity index (χ2v) is 6.24. The molecule has 0 saturated carbocycles. The molecular formula is C16H18FN3O3S. The Morgan fingerprint density at radius 2 is 2.12 bits per heavy atom. The number of carbonyl (C=O) groups excluding carboxylic acids is 1. The van der Waals surface area contributed by atoms with E-state index in [-0.39, 0.29) is 24.0 Å². The monoisotopic (exact) mass is 351 g/mol. The zero-order chi connectivity index (χ0) is 17.5. The van der Waals surface area contributed by atoms with Gasteiger partial charge in [-0.3, -0.25) is 9.69 Å². The number of nitrogens with zero attached hydrogens (tertiary/aromatic N) is 2. The van der Waals surface area contributed by atoms with Crippen molar-refractivity contribution in [2.75, 3.05) is 20.1 Å². The van der Waals surface area contributed by atoms with Gasteiger partial charge in [0, 0.05) is 30.5 Å². The van der Waals surface area contributed by atoms with Gasteiger partial charge < -0.3 is 10.4 Å². The predicted molar refractivity (Wildman–Crippen MR) is 88.5 cm³/mol. The van der Waals surface area contributed by atoms with Crippen LogP contribution in [0.2, 0.25) is 0 Å². The highest BCUT2D eigenvalue weighted by Gasteiger charge is 2.11. The van der Waals surface area contributed by atoms with Crippen molar-refractivity contribution in [2.24, 2.45) is 0 Å². The van der Waals surface area contributed by atoms with Crippen LogP contribution in [0.1, 0.15) is 21.1 Å². The van der Waals surface area contributed by atoms with E-state index in [2.05, 4.69) is 10.3 Å². The molecule has 0 bridgehead atoms. The molecule has 0 atom stereocenters. The molecule has 0 aliphatic carbocycles. The lowest BCUT2D eigenvalue weighted by molar-refractivity contribution is -0.122. The van der Waals surface area contributed by atoms with Gasteiger partial charge in [-0.05, 0) is 13.1 Å². The zero-order valence-corrected chi connectivity index (χ0v) is 14.0. The van der Waals surface area contributed by atoms with E-state index in [4.69, 9.17) is 5.11 Å². The summed E-state index contributed by atoms with van der Waals surface area (Å²) in [6, 6.07) is 6.46. The molecule has 1 aromatic heterocycles. The fraction of sp³-hybridized carbons (Fsp3) is 0.312. The van der Waals surface area contributed by atoms with E-state index in [0.717, 1.165) is 0 Å². The summed E-state index contributed by atoms with van der Waals surface area (Å²) in [5.74, 6) is -1.53. The first-order chi connectivity index (χ1) is 11.5. The van der Waals surface area contributed by atoms with Gasteiger partial charge >= 0.3 is 5.97 Å². The van der Waals surface area contributed by atoms with Crippen LogP contribution in [0.3, 0.4) is 0 Å². The van der Waals surface area contributed by atoms with Crippen molar-refractivity contribution in [3.05, 3.63) is 51.7 Å². The molecule has 2 aromatic rings. The minimum atomic E-state index is -1.06. The van der Waals surface area contributed by atoms with Crippen LogP contribution in [-0.2, 0) is 17.8 Å². The van der Waals surface area contributed by atoms with Gasteiger partial charge in [-0.1, -0.05) is 18.2 Å². The molecule has 2 rings (SSSR count). The molecule has 1 heterocycles. The van der Waals surface area contributed by atoms with Crippen molar-refractivity contribution >= 4 is 23.2 Å². The Balaban J connectivity index is 1.72. The Bertz CT molecular complexity index is 720. The van der Waals surface area contributed by atoms with Crippen LogP contribution in [0.25, 0.3) is 0 Å². The molecule has 0 aliphatic rings. The SMILES string of the molecule is CN(CC(=O)NCCc1nc(C(=O)O)cs1)Cc1ccccc1F. The van der Waals surface area contributed by atoms with Crippen LogP contribution in [0, 0.1) is 5.82 Å². The molecule has 2 N–H and O–H groups in total. The Hall–Kier alpha value is -2.32. The molecular weight excluding hydrogens is 333 g/mol. The van der Waals surface area contributed by atoms with Crippen LogP contribution < -0.4 is 5.32 Å². The first-order valence-corrected chi connectivity index (χ1v) is 8.20. The summed E-state index contributed by atoms with van der Waals surface area (Å²) in [6.45, 7) is 0.861. The second-order valence-electron chi connectivity index (χ2n) is 5.30. The first kappa shape index (κ1) is 18.0. The average molecular weight is 351 g/mol. The van der Waals surface area contributed by atoms with Gasteiger partial charge in [-0.15, -0.1) is 11.3 Å². The Morgan fingerprint density at radius 1 is 1.38 bits per heavy atom. The highest BCUT2D eigenvalue weighted by molar-refractivity contribution is 7.09. The predicted octanol–water partition coefficient (Wildman–Crippen LogP) is 1.77. The number of likely N-dealkylation sites (N-methyl/N-ethyl adjacent to an activating group) is 1. The Morgan fingerprint density at radius 3 is 2.79 bits per heavy atom. The third kappa shape index (κ3) is 5.39. The van der Waals surface area contributed by atoms with E-state index < -0.39 is 5.97 Å². The number of carbonyl (C=O) groups is 2. The number of amides is 1. The van der Waals surface area contributed by atoms with E-state index in [1.807, 2.05) is 0 Å². The Kier molecular flexibility index (Phi) is 6.39. The summed E-state index contributed by atoms with van der Waals surface area (Å²) >= 11 is 1.25. The van der Waals surface area contributed by atoms with Gasteiger partial charge in [0.15, 0.2) is 5.69 Å². The maximum Gasteiger partial charge on any atom is 0.355 e. The van der Waals surface area contributed by atoms with E-state index in [1.54, 1.807) is 30.1 Å². The number of thiazole rings is 1. The van der Waals surface area contributed by atoms with Crippen molar-refractivity contribution in [3.8, 4) is 0 Å². The zero-order valence-electron chi connectivity index (χ0n) is 13.2. The van der Waals surface area contributed by atoms with Crippen LogP contribution in [0.15, 0.2) is 29.6 Å². The molecule has 0 fully saturated rings. The number of carboxylic acid groups (broad SMARTS) is 1. The molecule has 0 radical (unpaired) electrons. The second kappa shape index (κ2) is 8.51. The molecule has 6 nitrogen and oxygen atoms in total. The van der Waals surface area contributed by atoms with E-state index in [9.17, 15) is 14.0 Å². The quantitative estimate of drug-likeness (QED) is 0.757. The average Bonchev–Trinajstić information content (AvgIpc) is 2.98. The van der Waals surface area contributed by atoms with Crippen LogP contribution in [-0.4, -0.2) is 47.0 Å². The lowest BCUT2D eigenvalue weighted by Crippen LogP contribution is -2.36. The van der Waals surface area contributed by atoms with Gasteiger partial charge in [0.05, 0.1) is 11.6 Å². The summed E-state index contributed by atoms with van der Waals surface area (Å²) < 4.78 is 13.6. The molecule has 24 heavy (non-hydrogen) atoms. The van der Waals surface area contributed by atoms with Crippen molar-refractivity contribution < 1.29 is 19.1 Å². The van der Waals surface area contributed by atoms with Crippen molar-refractivity contribution in [2.45, 2.75) is 13.0 Å². The lowest BCUT2D eigenvalue weighted by atomic mass is 10.2. The van der Waals surface area contributed by atoms with Crippen LogP contribution >= 0.6 is 11.3 Å². The minimum Gasteiger partial charge on any atom is -0.476 e. The molecule has 1 aromatic carbocycles. The van der Waals surface area contributed by atoms with E-state index in [1.165, 1.54) is 22.8 Å². The number of aromatic nitrogens is 1. The highest BCUT2D eigenvalue weighted by Crippen LogP contribution is 2.10. The summed E-state index contributed by atoms with van der Waals surface area (Å²) in [5.41, 5.74) is 0.558. The maximum absolute atomic E-state index is 13.6. The number of benzene rings is 1. The molecule has 0 unspecified atom stereocenters. The third-order valence-corrected chi connectivity index (χ3v) is 4.15. The van der Waals surface area contributed by atoms with Gasteiger partial charge in [0.25, 0.3) is 0 Å². The van der Waals surface area contributed by atoms with Crippen molar-refractivity contribution in [1.29, 1.82) is 0 Å². The van der Waals surface area contributed by atoms with Crippen molar-refractivity contribution in [1.82, 2.24) is 15.2 Å². The summed E-state index contributed by atoms with van der Waals surface area (Å²) in [4.78, 5) is 28.3. The number of hydrogen-bond acceptors (Lipinski definition) is 5. The normalized spacial score (nSPS) is 10.8. The largest absolute Gasteiger partial charge is 0.476 e. The van der Waals surface area contributed by atoms with Gasteiger partial charge in [-0.25, -0.2) is 14.2 Å². The number of halogens is 1. The van der Waals surface area contributed by atoms with Crippen LogP contribution in [0.5, 0.6) is 0 Å². The van der Waals surface area contributed by atoms with Crippen LogP contribution in [0.4, 0.5) is 4.39 Å². The smallest absolute Gasteiger partial charge is 0.355 e. The number of nitrogens with one attached hydrogen (secondary N) is 1. The molecule has 128 valence electrons. The number of rotatable bonds is 8. The molecule has 0 spiro atoms. The Labute approximate surface area is 142 Å². The third-order valence-electron chi connectivity index (χ3n) is 3.24. The van der Waals surface area contributed by atoms with E-state index in [0.29, 0.717) is 30.1 Å².